The fourth-order valence-corrected chi connectivity index (χ4v) is 1.40. The first-order valence-corrected chi connectivity index (χ1v) is 5.57. The molecule has 0 radical (unpaired) electrons. The smallest absolute Gasteiger partial charge is 0.226 e. The summed E-state index contributed by atoms with van der Waals surface area (Å²) in [7, 11) is 0. The molecule has 0 aromatic heterocycles. The summed E-state index contributed by atoms with van der Waals surface area (Å²) in [5, 5.41) is 12.6. The quantitative estimate of drug-likeness (QED) is 0.699. The Morgan fingerprint density at radius 3 is 2.80 bits per heavy atom. The van der Waals surface area contributed by atoms with Crippen molar-refractivity contribution < 1.29 is 14.6 Å². The molecule has 1 fully saturated rings. The Bertz CT molecular complexity index is 237. The van der Waals surface area contributed by atoms with Crippen molar-refractivity contribution in [1.29, 1.82) is 0 Å². The maximum absolute atomic E-state index is 11.6. The van der Waals surface area contributed by atoms with E-state index in [1.807, 2.05) is 0 Å². The summed E-state index contributed by atoms with van der Waals surface area (Å²) in [6, 6.07) is 0. The Morgan fingerprint density at radius 2 is 2.33 bits per heavy atom. The second-order valence-electron chi connectivity index (χ2n) is 4.73. The molecule has 1 heterocycles. The summed E-state index contributed by atoms with van der Waals surface area (Å²) >= 11 is 5.67. The van der Waals surface area contributed by atoms with Crippen molar-refractivity contribution in [3.05, 3.63) is 0 Å². The van der Waals surface area contributed by atoms with Crippen LogP contribution in [0.4, 0.5) is 0 Å². The summed E-state index contributed by atoms with van der Waals surface area (Å²) in [6.45, 7) is 4.60. The fraction of sp³-hybridized carbons (Fsp3) is 0.900. The molecule has 1 atom stereocenters. The monoisotopic (exact) mass is 235 g/mol. The van der Waals surface area contributed by atoms with Gasteiger partial charge in [-0.2, -0.15) is 0 Å². The van der Waals surface area contributed by atoms with Gasteiger partial charge in [-0.25, -0.2) is 0 Å². The van der Waals surface area contributed by atoms with Crippen LogP contribution in [0.1, 0.15) is 20.3 Å². The molecule has 1 rings (SSSR count). The van der Waals surface area contributed by atoms with Gasteiger partial charge in [0.05, 0.1) is 12.0 Å². The van der Waals surface area contributed by atoms with Gasteiger partial charge in [0.25, 0.3) is 0 Å². The van der Waals surface area contributed by atoms with Crippen LogP contribution in [0, 0.1) is 5.41 Å². The van der Waals surface area contributed by atoms with Crippen LogP contribution in [-0.4, -0.2) is 42.3 Å². The Balaban J connectivity index is 2.40. The summed E-state index contributed by atoms with van der Waals surface area (Å²) in [5.41, 5.74) is -1.50. The first kappa shape index (κ1) is 12.7. The van der Waals surface area contributed by atoms with Crippen LogP contribution in [0.25, 0.3) is 0 Å². The third kappa shape index (κ3) is 3.33. The summed E-state index contributed by atoms with van der Waals surface area (Å²) < 4.78 is 5.08. The van der Waals surface area contributed by atoms with Crippen molar-refractivity contribution in [2.45, 2.75) is 25.9 Å². The zero-order valence-corrected chi connectivity index (χ0v) is 9.93. The number of halogens is 1. The second-order valence-corrected chi connectivity index (χ2v) is 4.99. The number of carbonyl (C=O) groups is 1. The minimum atomic E-state index is -0.905. The van der Waals surface area contributed by atoms with Crippen molar-refractivity contribution in [3.63, 3.8) is 0 Å². The van der Waals surface area contributed by atoms with Crippen LogP contribution in [0.5, 0.6) is 0 Å². The van der Waals surface area contributed by atoms with Crippen molar-refractivity contribution >= 4 is 17.5 Å². The van der Waals surface area contributed by atoms with Crippen LogP contribution in [0.15, 0.2) is 0 Å². The van der Waals surface area contributed by atoms with E-state index in [1.54, 1.807) is 13.8 Å². The van der Waals surface area contributed by atoms with Gasteiger partial charge in [0, 0.05) is 25.5 Å². The summed E-state index contributed by atoms with van der Waals surface area (Å²) in [4.78, 5) is 11.6. The highest BCUT2D eigenvalue weighted by Crippen LogP contribution is 2.20. The normalized spacial score (nSPS) is 26.7. The minimum Gasteiger partial charge on any atom is -0.386 e. The molecular weight excluding hydrogens is 218 g/mol. The molecule has 0 saturated carbocycles. The van der Waals surface area contributed by atoms with Gasteiger partial charge in [-0.05, 0) is 13.8 Å². The minimum absolute atomic E-state index is 0.141. The van der Waals surface area contributed by atoms with Crippen LogP contribution in [-0.2, 0) is 9.53 Å². The lowest BCUT2D eigenvalue weighted by Crippen LogP contribution is -2.47. The summed E-state index contributed by atoms with van der Waals surface area (Å²) in [6.07, 6.45) is 0.564. The van der Waals surface area contributed by atoms with E-state index >= 15 is 0 Å². The standard InChI is InChI=1S/C10H18ClNO3/c1-9(2,5-11)8(13)12-6-10(14)3-4-15-7-10/h14H,3-7H2,1-2H3,(H,12,13). The lowest BCUT2D eigenvalue weighted by Gasteiger charge is -2.25. The second kappa shape index (κ2) is 4.68. The molecular formula is C10H18ClNO3. The van der Waals surface area contributed by atoms with Gasteiger partial charge in [-0.3, -0.25) is 4.79 Å². The molecule has 1 aliphatic rings. The van der Waals surface area contributed by atoms with Gasteiger partial charge in [-0.1, -0.05) is 0 Å². The molecule has 1 unspecified atom stereocenters. The number of aliphatic hydroxyl groups is 1. The van der Waals surface area contributed by atoms with E-state index < -0.39 is 11.0 Å². The Kier molecular flexibility index (Phi) is 3.98. The van der Waals surface area contributed by atoms with E-state index in [4.69, 9.17) is 16.3 Å². The highest BCUT2D eigenvalue weighted by Gasteiger charge is 2.34. The van der Waals surface area contributed by atoms with Crippen LogP contribution in [0.3, 0.4) is 0 Å². The number of alkyl halides is 1. The average molecular weight is 236 g/mol. The molecule has 2 N–H and O–H groups in total. The van der Waals surface area contributed by atoms with Crippen LogP contribution in [0.2, 0.25) is 0 Å². The molecule has 4 nitrogen and oxygen atoms in total. The summed E-state index contributed by atoms with van der Waals surface area (Å²) in [5.74, 6) is 0.117. The zero-order valence-electron chi connectivity index (χ0n) is 9.18. The number of rotatable bonds is 4. The number of amides is 1. The van der Waals surface area contributed by atoms with Crippen LogP contribution >= 0.6 is 11.6 Å². The fourth-order valence-electron chi connectivity index (χ4n) is 1.28. The average Bonchev–Trinajstić information content (AvgIpc) is 2.62. The zero-order chi connectivity index (χ0) is 11.5. The maximum Gasteiger partial charge on any atom is 0.226 e. The highest BCUT2D eigenvalue weighted by atomic mass is 35.5. The Labute approximate surface area is 94.9 Å². The lowest BCUT2D eigenvalue weighted by molar-refractivity contribution is -0.129. The first-order chi connectivity index (χ1) is 6.90. The third-order valence-electron chi connectivity index (χ3n) is 2.61. The van der Waals surface area contributed by atoms with Gasteiger partial charge in [0.15, 0.2) is 0 Å². The van der Waals surface area contributed by atoms with E-state index in [1.165, 1.54) is 0 Å². The van der Waals surface area contributed by atoms with Crippen molar-refractivity contribution in [2.24, 2.45) is 5.41 Å². The molecule has 1 amide bonds. The molecule has 15 heavy (non-hydrogen) atoms. The Morgan fingerprint density at radius 1 is 1.67 bits per heavy atom. The Hall–Kier alpha value is -0.320. The van der Waals surface area contributed by atoms with Gasteiger partial charge in [0.2, 0.25) is 5.91 Å². The number of ether oxygens (including phenoxy) is 1. The highest BCUT2D eigenvalue weighted by molar-refractivity contribution is 6.19. The number of carbonyl (C=O) groups excluding carboxylic acids is 1. The molecule has 0 aromatic rings. The number of nitrogens with one attached hydrogen (secondary N) is 1. The molecule has 0 bridgehead atoms. The van der Waals surface area contributed by atoms with Crippen molar-refractivity contribution in [2.75, 3.05) is 25.6 Å². The van der Waals surface area contributed by atoms with Crippen molar-refractivity contribution in [3.8, 4) is 0 Å². The number of hydrogen-bond acceptors (Lipinski definition) is 3. The topological polar surface area (TPSA) is 58.6 Å². The van der Waals surface area contributed by atoms with Gasteiger partial charge in [0.1, 0.15) is 5.60 Å². The predicted octanol–water partition coefficient (Wildman–Crippen LogP) is 0.519. The molecule has 5 heteroatoms. The van der Waals surface area contributed by atoms with Gasteiger partial charge >= 0.3 is 0 Å². The lowest BCUT2D eigenvalue weighted by atomic mass is 9.94. The maximum atomic E-state index is 11.6. The van der Waals surface area contributed by atoms with Crippen molar-refractivity contribution in [1.82, 2.24) is 5.32 Å². The number of hydrogen-bond donors (Lipinski definition) is 2. The van der Waals surface area contributed by atoms with E-state index in [-0.39, 0.29) is 24.9 Å². The van der Waals surface area contributed by atoms with E-state index in [2.05, 4.69) is 5.32 Å². The molecule has 0 aliphatic carbocycles. The first-order valence-electron chi connectivity index (χ1n) is 5.04. The van der Waals surface area contributed by atoms with Gasteiger partial charge in [-0.15, -0.1) is 11.6 Å². The third-order valence-corrected chi connectivity index (χ3v) is 3.28. The molecule has 0 aromatic carbocycles. The predicted molar refractivity (Wildman–Crippen MR) is 57.9 cm³/mol. The molecule has 88 valence electrons. The molecule has 0 spiro atoms. The largest absolute Gasteiger partial charge is 0.386 e. The van der Waals surface area contributed by atoms with Gasteiger partial charge < -0.3 is 15.2 Å². The molecule has 1 aliphatic heterocycles. The van der Waals surface area contributed by atoms with E-state index in [0.29, 0.717) is 13.0 Å². The van der Waals surface area contributed by atoms with Crippen LogP contribution < -0.4 is 5.32 Å². The van der Waals surface area contributed by atoms with E-state index in [0.717, 1.165) is 0 Å². The SMILES string of the molecule is CC(C)(CCl)C(=O)NCC1(O)CCOC1. The van der Waals surface area contributed by atoms with E-state index in [9.17, 15) is 9.90 Å². The molecule has 1 saturated heterocycles.